The predicted octanol–water partition coefficient (Wildman–Crippen LogP) is -0.570. The Morgan fingerprint density at radius 2 is 2.43 bits per heavy atom. The Kier molecular flexibility index (Phi) is 2.53. The van der Waals surface area contributed by atoms with Crippen molar-refractivity contribution in [2.24, 2.45) is 16.7 Å². The lowest BCUT2D eigenvalue weighted by molar-refractivity contribution is 0.593. The minimum atomic E-state index is 0.343. The number of nitrogens with zero attached hydrogens (tertiary/aromatic N) is 5. The number of nitrogens with two attached hydrogens (primary N) is 2. The minimum absolute atomic E-state index is 0.343. The van der Waals surface area contributed by atoms with Gasteiger partial charge in [0.2, 0.25) is 0 Å². The molecule has 0 amide bonds. The molecule has 7 nitrogen and oxygen atoms in total. The maximum atomic E-state index is 5.44. The van der Waals surface area contributed by atoms with Crippen LogP contribution in [0, 0.1) is 0 Å². The predicted molar refractivity (Wildman–Crippen MR) is 53.2 cm³/mol. The maximum Gasteiger partial charge on any atom is 0.177 e. The first-order chi connectivity index (χ1) is 6.81. The zero-order chi connectivity index (χ0) is 9.97. The van der Waals surface area contributed by atoms with Crippen molar-refractivity contribution in [3.05, 3.63) is 5.82 Å². The molecule has 0 aromatic carbocycles. The summed E-state index contributed by atoms with van der Waals surface area (Å²) in [6.07, 6.45) is 2.31. The van der Waals surface area contributed by atoms with Crippen LogP contribution in [0.1, 0.15) is 24.7 Å². The molecule has 1 aliphatic rings. The van der Waals surface area contributed by atoms with E-state index >= 15 is 0 Å². The monoisotopic (exact) mass is 213 g/mol. The van der Waals surface area contributed by atoms with Gasteiger partial charge >= 0.3 is 0 Å². The molecular formula is C6H11N7S. The summed E-state index contributed by atoms with van der Waals surface area (Å²) in [6, 6.07) is 0.483. The van der Waals surface area contributed by atoms with Crippen molar-refractivity contribution in [1.29, 1.82) is 0 Å². The van der Waals surface area contributed by atoms with Gasteiger partial charge in [-0.3, -0.25) is 0 Å². The summed E-state index contributed by atoms with van der Waals surface area (Å²) in [5.74, 6) is 6.44. The number of thioether (sulfide) groups is 1. The first kappa shape index (κ1) is 9.25. The highest BCUT2D eigenvalue weighted by Crippen LogP contribution is 2.34. The maximum absolute atomic E-state index is 5.44. The van der Waals surface area contributed by atoms with E-state index in [1.807, 2.05) is 4.68 Å². The van der Waals surface area contributed by atoms with Gasteiger partial charge in [0.25, 0.3) is 0 Å². The van der Waals surface area contributed by atoms with Crippen LogP contribution < -0.4 is 11.6 Å². The molecule has 1 saturated carbocycles. The Bertz CT molecular complexity index is 342. The second-order valence-electron chi connectivity index (χ2n) is 3.03. The van der Waals surface area contributed by atoms with Gasteiger partial charge in [0.05, 0.1) is 11.8 Å². The molecule has 4 N–H and O–H groups in total. The van der Waals surface area contributed by atoms with Crippen molar-refractivity contribution in [2.45, 2.75) is 24.6 Å². The first-order valence-corrected chi connectivity index (χ1v) is 5.22. The first-order valence-electron chi connectivity index (χ1n) is 4.24. The highest BCUT2D eigenvalue weighted by Gasteiger charge is 2.27. The largest absolute Gasteiger partial charge is 0.377 e. The Balaban J connectivity index is 1.98. The van der Waals surface area contributed by atoms with Crippen molar-refractivity contribution in [2.75, 3.05) is 0 Å². The van der Waals surface area contributed by atoms with Gasteiger partial charge in [0.1, 0.15) is 0 Å². The van der Waals surface area contributed by atoms with E-state index in [1.165, 1.54) is 11.8 Å². The molecule has 14 heavy (non-hydrogen) atoms. The van der Waals surface area contributed by atoms with Crippen LogP contribution in [0.3, 0.4) is 0 Å². The van der Waals surface area contributed by atoms with E-state index in [4.69, 9.17) is 11.6 Å². The van der Waals surface area contributed by atoms with Crippen LogP contribution >= 0.6 is 11.8 Å². The molecule has 0 radical (unpaired) electrons. The second kappa shape index (κ2) is 3.82. The van der Waals surface area contributed by atoms with Crippen LogP contribution in [-0.2, 0) is 5.75 Å². The summed E-state index contributed by atoms with van der Waals surface area (Å²) in [6.45, 7) is 0. The second-order valence-corrected chi connectivity index (χ2v) is 4.02. The number of hydrogen-bond acceptors (Lipinski definition) is 6. The topological polar surface area (TPSA) is 108 Å². The fourth-order valence-electron chi connectivity index (χ4n) is 1.09. The van der Waals surface area contributed by atoms with E-state index in [0.29, 0.717) is 17.0 Å². The van der Waals surface area contributed by atoms with Gasteiger partial charge in [-0.1, -0.05) is 11.8 Å². The molecule has 1 aromatic heterocycles. The van der Waals surface area contributed by atoms with Crippen molar-refractivity contribution < 1.29 is 0 Å². The summed E-state index contributed by atoms with van der Waals surface area (Å²) in [4.78, 5) is 0. The van der Waals surface area contributed by atoms with Crippen LogP contribution in [0.4, 0.5) is 0 Å². The fraction of sp³-hybridized carbons (Fsp3) is 0.667. The molecular weight excluding hydrogens is 202 g/mol. The molecule has 76 valence electrons. The van der Waals surface area contributed by atoms with Gasteiger partial charge in [0.15, 0.2) is 11.0 Å². The Hall–Kier alpha value is -1.31. The third-order valence-electron chi connectivity index (χ3n) is 1.93. The number of hydrazone groups is 1. The highest BCUT2D eigenvalue weighted by atomic mass is 32.2. The molecule has 0 saturated heterocycles. The number of rotatable bonds is 3. The molecule has 1 fully saturated rings. The molecule has 0 aliphatic heterocycles. The van der Waals surface area contributed by atoms with E-state index in [9.17, 15) is 0 Å². The lowest BCUT2D eigenvalue weighted by atomic mass is 10.6. The number of aromatic nitrogens is 4. The third-order valence-corrected chi connectivity index (χ3v) is 2.73. The van der Waals surface area contributed by atoms with Crippen LogP contribution in [0.15, 0.2) is 5.10 Å². The molecule has 0 bridgehead atoms. The summed E-state index contributed by atoms with van der Waals surface area (Å²) in [5.41, 5.74) is 5.44. The Labute approximate surface area is 84.9 Å². The van der Waals surface area contributed by atoms with E-state index in [-0.39, 0.29) is 0 Å². The van der Waals surface area contributed by atoms with Crippen LogP contribution in [0.5, 0.6) is 0 Å². The van der Waals surface area contributed by atoms with Gasteiger partial charge in [-0.05, 0) is 23.3 Å². The van der Waals surface area contributed by atoms with Gasteiger partial charge in [-0.25, -0.2) is 4.68 Å². The lowest BCUT2D eigenvalue weighted by Crippen LogP contribution is -2.11. The minimum Gasteiger partial charge on any atom is -0.377 e. The zero-order valence-electron chi connectivity index (χ0n) is 7.50. The van der Waals surface area contributed by atoms with E-state index < -0.39 is 0 Å². The van der Waals surface area contributed by atoms with Crippen molar-refractivity contribution in [3.63, 3.8) is 0 Å². The molecule has 0 spiro atoms. The zero-order valence-corrected chi connectivity index (χ0v) is 8.31. The molecule has 8 heteroatoms. The van der Waals surface area contributed by atoms with Gasteiger partial charge in [0, 0.05) is 0 Å². The van der Waals surface area contributed by atoms with E-state index in [1.54, 1.807) is 0 Å². The van der Waals surface area contributed by atoms with Gasteiger partial charge in [-0.15, -0.1) is 5.10 Å². The number of hydrogen-bond donors (Lipinski definition) is 2. The summed E-state index contributed by atoms with van der Waals surface area (Å²) < 4.78 is 1.84. The fourth-order valence-corrected chi connectivity index (χ4v) is 1.63. The third kappa shape index (κ3) is 1.95. The van der Waals surface area contributed by atoms with Gasteiger partial charge < -0.3 is 11.6 Å². The number of tetrazole rings is 1. The van der Waals surface area contributed by atoms with E-state index in [2.05, 4.69) is 20.6 Å². The molecule has 2 rings (SSSR count). The molecule has 1 heterocycles. The van der Waals surface area contributed by atoms with Crippen LogP contribution in [0.25, 0.3) is 0 Å². The summed E-state index contributed by atoms with van der Waals surface area (Å²) in [7, 11) is 0. The molecule has 0 unspecified atom stereocenters. The van der Waals surface area contributed by atoms with Crippen molar-refractivity contribution >= 4 is 16.9 Å². The Morgan fingerprint density at radius 3 is 3.07 bits per heavy atom. The van der Waals surface area contributed by atoms with Gasteiger partial charge in [-0.2, -0.15) is 5.10 Å². The smallest absolute Gasteiger partial charge is 0.177 e. The lowest BCUT2D eigenvalue weighted by Gasteiger charge is -2.00. The highest BCUT2D eigenvalue weighted by molar-refractivity contribution is 8.13. The Morgan fingerprint density at radius 1 is 1.64 bits per heavy atom. The molecule has 0 atom stereocenters. The quantitative estimate of drug-likeness (QED) is 0.301. The normalized spacial score (nSPS) is 17.3. The van der Waals surface area contributed by atoms with E-state index in [0.717, 1.165) is 18.7 Å². The summed E-state index contributed by atoms with van der Waals surface area (Å²) in [5, 5.41) is 15.2. The van der Waals surface area contributed by atoms with Crippen LogP contribution in [-0.4, -0.2) is 25.4 Å². The summed E-state index contributed by atoms with van der Waals surface area (Å²) >= 11 is 1.33. The average Bonchev–Trinajstić information content (AvgIpc) is 2.94. The number of amidine groups is 1. The molecule has 1 aromatic rings. The SMILES string of the molecule is NN=C(N)SCc1nnnn1C1CC1. The van der Waals surface area contributed by atoms with Crippen molar-refractivity contribution in [1.82, 2.24) is 20.2 Å². The van der Waals surface area contributed by atoms with Crippen molar-refractivity contribution in [3.8, 4) is 0 Å². The standard InChI is InChI=1S/C6H11N7S/c7-6(9-8)14-3-5-10-11-12-13(5)4-1-2-4/h4H,1-3,8H2,(H2,7,9). The average molecular weight is 213 g/mol. The van der Waals surface area contributed by atoms with Crippen LogP contribution in [0.2, 0.25) is 0 Å². The molecule has 1 aliphatic carbocycles.